The third kappa shape index (κ3) is 1.60. The lowest BCUT2D eigenvalue weighted by Crippen LogP contribution is -2.39. The highest BCUT2D eigenvalue weighted by molar-refractivity contribution is 5.30. The maximum Gasteiger partial charge on any atom is 0.114 e. The van der Waals surface area contributed by atoms with Crippen LogP contribution >= 0.6 is 0 Å². The van der Waals surface area contributed by atoms with Gasteiger partial charge in [0.15, 0.2) is 0 Å². The molecular formula is C13H16O. The van der Waals surface area contributed by atoms with Crippen molar-refractivity contribution in [2.24, 2.45) is 0 Å². The number of hydrogen-bond donors (Lipinski definition) is 0. The Bertz CT molecular complexity index is 330. The van der Waals surface area contributed by atoms with Crippen molar-refractivity contribution < 1.29 is 4.74 Å². The Morgan fingerprint density at radius 1 is 1.29 bits per heavy atom. The normalized spacial score (nSPS) is 25.3. The van der Waals surface area contributed by atoms with E-state index in [2.05, 4.69) is 44.2 Å². The van der Waals surface area contributed by atoms with Gasteiger partial charge >= 0.3 is 0 Å². The van der Waals surface area contributed by atoms with Crippen molar-refractivity contribution in [2.75, 3.05) is 6.61 Å². The van der Waals surface area contributed by atoms with E-state index in [-0.39, 0.29) is 5.60 Å². The summed E-state index contributed by atoms with van der Waals surface area (Å²) in [6.45, 7) is 5.11. The van der Waals surface area contributed by atoms with E-state index in [0.717, 1.165) is 13.0 Å². The van der Waals surface area contributed by atoms with E-state index in [1.165, 1.54) is 11.1 Å². The lowest BCUT2D eigenvalue weighted by molar-refractivity contribution is -0.118. The average Bonchev–Trinajstić information content (AvgIpc) is 2.12. The summed E-state index contributed by atoms with van der Waals surface area (Å²) in [6, 6.07) is 10.4. The first-order valence-corrected chi connectivity index (χ1v) is 5.08. The number of ether oxygens (including phenoxy) is 1. The van der Waals surface area contributed by atoms with Crippen LogP contribution < -0.4 is 0 Å². The van der Waals surface area contributed by atoms with Crippen molar-refractivity contribution >= 4 is 0 Å². The fraction of sp³-hybridized carbons (Fsp3) is 0.385. The van der Waals surface area contributed by atoms with E-state index in [0.29, 0.717) is 0 Å². The van der Waals surface area contributed by atoms with Crippen LogP contribution in [0.25, 0.3) is 0 Å². The highest BCUT2D eigenvalue weighted by atomic mass is 16.5. The fourth-order valence-electron chi connectivity index (χ4n) is 1.93. The topological polar surface area (TPSA) is 9.23 Å². The molecular weight excluding hydrogens is 172 g/mol. The summed E-state index contributed by atoms with van der Waals surface area (Å²) in [7, 11) is 0. The molecule has 1 heteroatoms. The second-order valence-corrected chi connectivity index (χ2v) is 4.08. The summed E-state index contributed by atoms with van der Waals surface area (Å²) in [4.78, 5) is 0. The number of benzene rings is 1. The molecule has 0 aliphatic carbocycles. The molecule has 0 bridgehead atoms. The minimum Gasteiger partial charge on any atom is -0.366 e. The van der Waals surface area contributed by atoms with Crippen LogP contribution in [0.2, 0.25) is 0 Å². The molecule has 1 nitrogen and oxygen atoms in total. The molecule has 1 aromatic carbocycles. The minimum atomic E-state index is -0.125. The molecule has 0 amide bonds. The van der Waals surface area contributed by atoms with Crippen molar-refractivity contribution in [1.82, 2.24) is 0 Å². The van der Waals surface area contributed by atoms with Crippen LogP contribution in [-0.4, -0.2) is 6.61 Å². The van der Waals surface area contributed by atoms with Crippen molar-refractivity contribution in [3.63, 3.8) is 0 Å². The first kappa shape index (κ1) is 9.47. The Morgan fingerprint density at radius 3 is 2.36 bits per heavy atom. The molecule has 1 aliphatic heterocycles. The minimum absolute atomic E-state index is 0.125. The summed E-state index contributed by atoms with van der Waals surface area (Å²) in [6.07, 6.45) is 3.33. The first-order chi connectivity index (χ1) is 6.73. The zero-order valence-corrected chi connectivity index (χ0v) is 8.79. The summed E-state index contributed by atoms with van der Waals surface area (Å²) in [5.74, 6) is 0. The van der Waals surface area contributed by atoms with Gasteiger partial charge in [0.2, 0.25) is 0 Å². The molecule has 0 spiro atoms. The second-order valence-electron chi connectivity index (χ2n) is 4.08. The Kier molecular flexibility index (Phi) is 2.42. The smallest absolute Gasteiger partial charge is 0.114 e. The zero-order chi connectivity index (χ0) is 10.0. The molecule has 14 heavy (non-hydrogen) atoms. The molecule has 74 valence electrons. The number of hydrogen-bond acceptors (Lipinski definition) is 1. The van der Waals surface area contributed by atoms with E-state index >= 15 is 0 Å². The molecule has 0 aromatic heterocycles. The largest absolute Gasteiger partial charge is 0.366 e. The van der Waals surface area contributed by atoms with Gasteiger partial charge in [0.1, 0.15) is 5.60 Å². The third-order valence-electron chi connectivity index (χ3n) is 2.62. The first-order valence-electron chi connectivity index (χ1n) is 5.08. The van der Waals surface area contributed by atoms with Crippen molar-refractivity contribution in [2.45, 2.75) is 25.9 Å². The Labute approximate surface area is 85.4 Å². The van der Waals surface area contributed by atoms with Crippen LogP contribution in [-0.2, 0) is 10.3 Å². The van der Waals surface area contributed by atoms with Gasteiger partial charge in [0.25, 0.3) is 0 Å². The van der Waals surface area contributed by atoms with Crippen molar-refractivity contribution in [3.8, 4) is 0 Å². The molecule has 2 rings (SSSR count). The molecule has 1 unspecified atom stereocenters. The van der Waals surface area contributed by atoms with Crippen molar-refractivity contribution in [1.29, 1.82) is 0 Å². The summed E-state index contributed by atoms with van der Waals surface area (Å²) < 4.78 is 5.74. The van der Waals surface area contributed by atoms with Gasteiger partial charge in [0, 0.05) is 6.42 Å². The summed E-state index contributed by atoms with van der Waals surface area (Å²) >= 11 is 0. The van der Waals surface area contributed by atoms with E-state index in [4.69, 9.17) is 4.74 Å². The molecule has 0 N–H and O–H groups in total. The van der Waals surface area contributed by atoms with E-state index < -0.39 is 0 Å². The Hall–Kier alpha value is -1.08. The van der Waals surface area contributed by atoms with Gasteiger partial charge in [-0.25, -0.2) is 0 Å². The molecule has 0 radical (unpaired) electrons. The average molecular weight is 188 g/mol. The van der Waals surface area contributed by atoms with Gasteiger partial charge in [-0.15, -0.1) is 0 Å². The fourth-order valence-corrected chi connectivity index (χ4v) is 1.93. The monoisotopic (exact) mass is 188 g/mol. The molecule has 0 saturated carbocycles. The molecule has 1 atom stereocenters. The molecule has 1 fully saturated rings. The highest BCUT2D eigenvalue weighted by Crippen LogP contribution is 2.39. The van der Waals surface area contributed by atoms with Gasteiger partial charge in [-0.3, -0.25) is 0 Å². The molecule has 1 heterocycles. The van der Waals surface area contributed by atoms with Gasteiger partial charge < -0.3 is 4.74 Å². The predicted octanol–water partition coefficient (Wildman–Crippen LogP) is 3.27. The SMILES string of the molecule is CC(C)=CC1(c2ccccc2)CCO1. The van der Waals surface area contributed by atoms with Crippen LogP contribution in [0.1, 0.15) is 25.8 Å². The number of allylic oxidation sites excluding steroid dienone is 1. The lowest BCUT2D eigenvalue weighted by atomic mass is 9.85. The highest BCUT2D eigenvalue weighted by Gasteiger charge is 2.37. The maximum absolute atomic E-state index is 5.74. The van der Waals surface area contributed by atoms with Gasteiger partial charge in [0.05, 0.1) is 6.61 Å². The van der Waals surface area contributed by atoms with Crippen LogP contribution in [0.15, 0.2) is 42.0 Å². The third-order valence-corrected chi connectivity index (χ3v) is 2.62. The van der Waals surface area contributed by atoms with E-state index in [1.807, 2.05) is 6.07 Å². The second kappa shape index (κ2) is 3.58. The van der Waals surface area contributed by atoms with Crippen LogP contribution in [0, 0.1) is 0 Å². The van der Waals surface area contributed by atoms with Gasteiger partial charge in [-0.05, 0) is 25.5 Å². The van der Waals surface area contributed by atoms with Crippen LogP contribution in [0.5, 0.6) is 0 Å². The lowest BCUT2D eigenvalue weighted by Gasteiger charge is -2.40. The summed E-state index contributed by atoms with van der Waals surface area (Å²) in [5, 5.41) is 0. The molecule has 1 saturated heterocycles. The quantitative estimate of drug-likeness (QED) is 0.647. The van der Waals surface area contributed by atoms with Gasteiger partial charge in [-0.2, -0.15) is 0 Å². The van der Waals surface area contributed by atoms with Crippen molar-refractivity contribution in [3.05, 3.63) is 47.5 Å². The zero-order valence-electron chi connectivity index (χ0n) is 8.79. The maximum atomic E-state index is 5.74. The van der Waals surface area contributed by atoms with E-state index in [9.17, 15) is 0 Å². The van der Waals surface area contributed by atoms with Crippen LogP contribution in [0.3, 0.4) is 0 Å². The Morgan fingerprint density at radius 2 is 1.93 bits per heavy atom. The molecule has 1 aromatic rings. The number of rotatable bonds is 2. The Balaban J connectivity index is 2.34. The van der Waals surface area contributed by atoms with Gasteiger partial charge in [-0.1, -0.05) is 35.9 Å². The molecule has 1 aliphatic rings. The predicted molar refractivity (Wildman–Crippen MR) is 58.1 cm³/mol. The van der Waals surface area contributed by atoms with E-state index in [1.54, 1.807) is 0 Å². The summed E-state index contributed by atoms with van der Waals surface area (Å²) in [5.41, 5.74) is 2.46. The van der Waals surface area contributed by atoms with Crippen LogP contribution in [0.4, 0.5) is 0 Å². The standard InChI is InChI=1S/C13H16O/c1-11(2)10-13(8-9-14-13)12-6-4-3-5-7-12/h3-7,10H,8-9H2,1-2H3.